The Labute approximate surface area is 181 Å². The number of hydrogen-bond donors (Lipinski definition) is 0. The van der Waals surface area contributed by atoms with Crippen molar-refractivity contribution in [1.82, 2.24) is 4.90 Å². The predicted octanol–water partition coefficient (Wildman–Crippen LogP) is 5.13. The number of benzene rings is 1. The van der Waals surface area contributed by atoms with Crippen LogP contribution >= 0.6 is 11.8 Å². The van der Waals surface area contributed by atoms with E-state index in [2.05, 4.69) is 4.99 Å². The zero-order chi connectivity index (χ0) is 22.0. The summed E-state index contributed by atoms with van der Waals surface area (Å²) in [5.41, 5.74) is 2.27. The van der Waals surface area contributed by atoms with Crippen LogP contribution in [0.25, 0.3) is 17.4 Å². The Hall–Kier alpha value is -2.80. The summed E-state index contributed by atoms with van der Waals surface area (Å²) in [5.74, 6) is 0.820. The second kappa shape index (κ2) is 8.92. The molecule has 1 aliphatic rings. The number of methoxy groups -OCH3 is 1. The maximum absolute atomic E-state index is 12.9. The zero-order valence-electron chi connectivity index (χ0n) is 18.1. The first-order valence-electron chi connectivity index (χ1n) is 9.81. The normalized spacial score (nSPS) is 17.1. The van der Waals surface area contributed by atoms with E-state index in [4.69, 9.17) is 9.15 Å². The van der Waals surface area contributed by atoms with Gasteiger partial charge in [0.15, 0.2) is 5.17 Å². The molecule has 6 nitrogen and oxygen atoms in total. The minimum atomic E-state index is -0.375. The summed E-state index contributed by atoms with van der Waals surface area (Å²) < 4.78 is 10.7. The summed E-state index contributed by atoms with van der Waals surface area (Å²) in [7, 11) is 1.36. The van der Waals surface area contributed by atoms with E-state index in [1.165, 1.54) is 18.9 Å². The van der Waals surface area contributed by atoms with Crippen LogP contribution in [0.5, 0.6) is 0 Å². The molecule has 1 amide bonds. The lowest BCUT2D eigenvalue weighted by Crippen LogP contribution is -2.35. The van der Waals surface area contributed by atoms with Crippen molar-refractivity contribution in [1.29, 1.82) is 0 Å². The number of hydrogen-bond acceptors (Lipinski definition) is 6. The molecule has 1 aromatic carbocycles. The molecule has 0 atom stereocenters. The maximum atomic E-state index is 12.9. The van der Waals surface area contributed by atoms with Crippen LogP contribution in [0.1, 0.15) is 49.4 Å². The van der Waals surface area contributed by atoms with Crippen molar-refractivity contribution in [3.8, 4) is 11.3 Å². The van der Waals surface area contributed by atoms with Gasteiger partial charge in [-0.25, -0.2) is 4.79 Å². The van der Waals surface area contributed by atoms with Gasteiger partial charge < -0.3 is 9.15 Å². The van der Waals surface area contributed by atoms with Crippen LogP contribution in [0.2, 0.25) is 0 Å². The largest absolute Gasteiger partial charge is 0.465 e. The Bertz CT molecular complexity index is 1030. The Balaban J connectivity index is 1.89. The van der Waals surface area contributed by atoms with E-state index >= 15 is 0 Å². The van der Waals surface area contributed by atoms with Gasteiger partial charge in [0.2, 0.25) is 0 Å². The van der Waals surface area contributed by atoms with Crippen molar-refractivity contribution in [3.05, 3.63) is 52.1 Å². The van der Waals surface area contributed by atoms with Crippen LogP contribution in [0, 0.1) is 6.92 Å². The average Bonchev–Trinajstić information content (AvgIpc) is 3.25. The molecule has 0 unspecified atom stereocenters. The number of rotatable bonds is 5. The minimum Gasteiger partial charge on any atom is -0.465 e. The molecule has 7 heteroatoms. The summed E-state index contributed by atoms with van der Waals surface area (Å²) in [6.07, 6.45) is 1.76. The summed E-state index contributed by atoms with van der Waals surface area (Å²) in [5, 5.41) is 0.720. The molecule has 2 aromatic rings. The molecule has 1 fully saturated rings. The number of ether oxygens (including phenoxy) is 1. The third-order valence-electron chi connectivity index (χ3n) is 4.54. The van der Waals surface area contributed by atoms with Crippen LogP contribution in [0.3, 0.4) is 0 Å². The summed E-state index contributed by atoms with van der Waals surface area (Å²) in [4.78, 5) is 31.5. The number of amidine groups is 1. The van der Waals surface area contributed by atoms with E-state index in [-0.39, 0.29) is 24.0 Å². The fraction of sp³-hybridized carbons (Fsp3) is 0.348. The lowest BCUT2D eigenvalue weighted by molar-refractivity contribution is -0.123. The molecule has 1 aliphatic heterocycles. The molecule has 1 saturated heterocycles. The van der Waals surface area contributed by atoms with Crippen molar-refractivity contribution in [2.75, 3.05) is 7.11 Å². The topological polar surface area (TPSA) is 72.1 Å². The predicted molar refractivity (Wildman–Crippen MR) is 120 cm³/mol. The van der Waals surface area contributed by atoms with Crippen LogP contribution < -0.4 is 0 Å². The van der Waals surface area contributed by atoms with Crippen LogP contribution in [-0.2, 0) is 9.53 Å². The van der Waals surface area contributed by atoms with E-state index in [1.54, 1.807) is 23.1 Å². The molecule has 0 saturated carbocycles. The number of thioether (sulfide) groups is 1. The molecule has 158 valence electrons. The van der Waals surface area contributed by atoms with E-state index < -0.39 is 0 Å². The molecular formula is C23H26N2O4S. The highest BCUT2D eigenvalue weighted by Gasteiger charge is 2.35. The lowest BCUT2D eigenvalue weighted by atomic mass is 10.0. The number of aliphatic imine (C=N–C) groups is 1. The van der Waals surface area contributed by atoms with Gasteiger partial charge in [0.25, 0.3) is 5.91 Å². The molecule has 30 heavy (non-hydrogen) atoms. The van der Waals surface area contributed by atoms with Crippen molar-refractivity contribution in [2.45, 2.75) is 46.7 Å². The van der Waals surface area contributed by atoms with Crippen molar-refractivity contribution >= 4 is 34.9 Å². The van der Waals surface area contributed by atoms with Crippen LogP contribution in [-0.4, -0.2) is 41.1 Å². The third-order valence-corrected chi connectivity index (χ3v) is 5.53. The van der Waals surface area contributed by atoms with Crippen LogP contribution in [0.15, 0.2) is 44.6 Å². The fourth-order valence-corrected chi connectivity index (χ4v) is 4.36. The van der Waals surface area contributed by atoms with Crippen molar-refractivity contribution in [2.24, 2.45) is 4.99 Å². The van der Waals surface area contributed by atoms with Gasteiger partial charge in [0.1, 0.15) is 11.5 Å². The molecule has 0 bridgehead atoms. The molecule has 0 N–H and O–H groups in total. The summed E-state index contributed by atoms with van der Waals surface area (Å²) >= 11 is 1.37. The van der Waals surface area contributed by atoms with Crippen LogP contribution in [0.4, 0.5) is 0 Å². The van der Waals surface area contributed by atoms with Crippen molar-refractivity contribution < 1.29 is 18.7 Å². The first kappa shape index (κ1) is 21.9. The number of furan rings is 1. The van der Waals surface area contributed by atoms with Gasteiger partial charge in [0, 0.05) is 23.7 Å². The SMILES string of the molecule is COC(=O)c1ccc(-c2ccc(/C=C3/SC(=NC(C)C)N(C(C)C)C3=O)o2)c(C)c1. The lowest BCUT2D eigenvalue weighted by Gasteiger charge is -2.20. The highest BCUT2D eigenvalue weighted by atomic mass is 32.2. The Morgan fingerprint density at radius 1 is 1.20 bits per heavy atom. The molecular weight excluding hydrogens is 400 g/mol. The number of amides is 1. The van der Waals surface area contributed by atoms with Gasteiger partial charge in [-0.2, -0.15) is 0 Å². The van der Waals surface area contributed by atoms with Gasteiger partial charge in [0.05, 0.1) is 17.6 Å². The van der Waals surface area contributed by atoms with Gasteiger partial charge in [-0.3, -0.25) is 14.7 Å². The Morgan fingerprint density at radius 3 is 2.53 bits per heavy atom. The van der Waals surface area contributed by atoms with Gasteiger partial charge in [-0.1, -0.05) is 6.07 Å². The van der Waals surface area contributed by atoms with Gasteiger partial charge in [-0.15, -0.1) is 0 Å². The summed E-state index contributed by atoms with van der Waals surface area (Å²) in [6.45, 7) is 9.84. The first-order chi connectivity index (χ1) is 14.2. The minimum absolute atomic E-state index is 0.0246. The Kier molecular flexibility index (Phi) is 6.51. The molecule has 2 heterocycles. The molecule has 0 aliphatic carbocycles. The average molecular weight is 427 g/mol. The maximum Gasteiger partial charge on any atom is 0.337 e. The smallest absolute Gasteiger partial charge is 0.337 e. The van der Waals surface area contributed by atoms with E-state index in [0.717, 1.165) is 16.3 Å². The van der Waals surface area contributed by atoms with Gasteiger partial charge >= 0.3 is 5.97 Å². The molecule has 3 rings (SSSR count). The second-order valence-electron chi connectivity index (χ2n) is 7.61. The number of carbonyl (C=O) groups is 2. The second-order valence-corrected chi connectivity index (χ2v) is 8.62. The highest BCUT2D eigenvalue weighted by Crippen LogP contribution is 2.35. The third kappa shape index (κ3) is 4.51. The van der Waals surface area contributed by atoms with Crippen molar-refractivity contribution in [3.63, 3.8) is 0 Å². The zero-order valence-corrected chi connectivity index (χ0v) is 18.9. The van der Waals surface area contributed by atoms with E-state index in [1.807, 2.05) is 52.8 Å². The highest BCUT2D eigenvalue weighted by molar-refractivity contribution is 8.18. The summed E-state index contributed by atoms with van der Waals surface area (Å²) in [6, 6.07) is 9.14. The number of aryl methyl sites for hydroxylation is 1. The quantitative estimate of drug-likeness (QED) is 0.489. The standard InChI is InChI=1S/C23H26N2O4S/c1-13(2)24-23-25(14(3)4)21(26)20(30-23)12-17-8-10-19(29-17)18-9-7-16(11-15(18)5)22(27)28-6/h7-14H,1-6H3/b20-12+,24-23?. The number of carbonyl (C=O) groups excluding carboxylic acids is 2. The Morgan fingerprint density at radius 2 is 1.93 bits per heavy atom. The first-order valence-corrected chi connectivity index (χ1v) is 10.6. The molecule has 0 spiro atoms. The molecule has 1 aromatic heterocycles. The monoisotopic (exact) mass is 426 g/mol. The molecule has 0 radical (unpaired) electrons. The van der Waals surface area contributed by atoms with Gasteiger partial charge in [-0.05, 0) is 76.2 Å². The fourth-order valence-electron chi connectivity index (χ4n) is 3.14. The van der Waals surface area contributed by atoms with E-state index in [9.17, 15) is 9.59 Å². The number of esters is 1. The number of nitrogens with zero attached hydrogens (tertiary/aromatic N) is 2. The van der Waals surface area contributed by atoms with E-state index in [0.29, 0.717) is 22.0 Å².